The van der Waals surface area contributed by atoms with Crippen molar-refractivity contribution < 1.29 is 19.0 Å². The minimum atomic E-state index is -0.884. The Bertz CT molecular complexity index is 634. The van der Waals surface area contributed by atoms with Gasteiger partial charge in [-0.15, -0.1) is 0 Å². The maximum absolute atomic E-state index is 13.0. The molecule has 2 aromatic rings. The first-order valence-corrected chi connectivity index (χ1v) is 6.31. The lowest BCUT2D eigenvalue weighted by molar-refractivity contribution is 0.0915. The van der Waals surface area contributed by atoms with Crippen LogP contribution in [0.2, 0.25) is 0 Å². The highest BCUT2D eigenvalue weighted by Crippen LogP contribution is 2.18. The van der Waals surface area contributed by atoms with Crippen LogP contribution in [0.1, 0.15) is 22.0 Å². The number of methoxy groups -OCH3 is 1. The minimum absolute atomic E-state index is 0.00249. The molecule has 1 aromatic carbocycles. The molecule has 0 aliphatic carbocycles. The fraction of sp³-hybridized carbons (Fsp3) is 0.200. The highest BCUT2D eigenvalue weighted by atomic mass is 19.1. The van der Waals surface area contributed by atoms with E-state index in [9.17, 15) is 14.3 Å². The number of amides is 1. The second-order valence-electron chi connectivity index (χ2n) is 4.39. The van der Waals surface area contributed by atoms with Gasteiger partial charge in [0.25, 0.3) is 5.91 Å². The summed E-state index contributed by atoms with van der Waals surface area (Å²) in [5.74, 6) is -0.466. The average Bonchev–Trinajstić information content (AvgIpc) is 2.52. The zero-order chi connectivity index (χ0) is 15.2. The smallest absolute Gasteiger partial charge is 0.253 e. The van der Waals surface area contributed by atoms with Crippen molar-refractivity contribution in [3.8, 4) is 5.75 Å². The molecule has 0 bridgehead atoms. The van der Waals surface area contributed by atoms with E-state index in [0.717, 1.165) is 12.3 Å². The summed E-state index contributed by atoms with van der Waals surface area (Å²) in [7, 11) is 1.53. The third-order valence-corrected chi connectivity index (χ3v) is 2.90. The number of nitrogens with one attached hydrogen (secondary N) is 1. The molecule has 0 spiro atoms. The Balaban J connectivity index is 1.97. The molecule has 2 N–H and O–H groups in total. The molecule has 0 fully saturated rings. The molecule has 5 nitrogen and oxygen atoms in total. The fourth-order valence-corrected chi connectivity index (χ4v) is 1.79. The molecule has 2 rings (SSSR count). The van der Waals surface area contributed by atoms with E-state index in [4.69, 9.17) is 4.74 Å². The summed E-state index contributed by atoms with van der Waals surface area (Å²) in [6.07, 6.45) is 1.39. The van der Waals surface area contributed by atoms with E-state index in [0.29, 0.717) is 11.3 Å². The largest absolute Gasteiger partial charge is 0.497 e. The number of carbonyl (C=O) groups excluding carboxylic acids is 1. The monoisotopic (exact) mass is 290 g/mol. The van der Waals surface area contributed by atoms with Gasteiger partial charge in [-0.25, -0.2) is 4.39 Å². The van der Waals surface area contributed by atoms with Crippen molar-refractivity contribution in [1.82, 2.24) is 10.3 Å². The van der Waals surface area contributed by atoms with E-state index in [1.165, 1.54) is 13.3 Å². The molecule has 1 amide bonds. The van der Waals surface area contributed by atoms with Crippen molar-refractivity contribution in [2.75, 3.05) is 13.7 Å². The summed E-state index contributed by atoms with van der Waals surface area (Å²) in [6.45, 7) is 0.00249. The SMILES string of the molecule is COc1cccc(C(O)CNC(=O)c2cncc(F)c2)c1. The summed E-state index contributed by atoms with van der Waals surface area (Å²) in [4.78, 5) is 15.4. The number of aromatic nitrogens is 1. The van der Waals surface area contributed by atoms with Crippen LogP contribution < -0.4 is 10.1 Å². The molecule has 1 unspecified atom stereocenters. The number of halogens is 1. The van der Waals surface area contributed by atoms with Gasteiger partial charge in [-0.05, 0) is 23.8 Å². The van der Waals surface area contributed by atoms with Gasteiger partial charge >= 0.3 is 0 Å². The van der Waals surface area contributed by atoms with E-state index in [-0.39, 0.29) is 12.1 Å². The van der Waals surface area contributed by atoms with Crippen molar-refractivity contribution in [1.29, 1.82) is 0 Å². The van der Waals surface area contributed by atoms with Crippen molar-refractivity contribution in [2.45, 2.75) is 6.10 Å². The second-order valence-corrected chi connectivity index (χ2v) is 4.39. The Hall–Kier alpha value is -2.47. The number of aliphatic hydroxyl groups is 1. The molecule has 1 atom stereocenters. The van der Waals surface area contributed by atoms with Crippen LogP contribution in [0, 0.1) is 5.82 Å². The van der Waals surface area contributed by atoms with Gasteiger partial charge in [-0.1, -0.05) is 12.1 Å². The van der Waals surface area contributed by atoms with Gasteiger partial charge in [-0.2, -0.15) is 0 Å². The Morgan fingerprint density at radius 1 is 1.43 bits per heavy atom. The number of benzene rings is 1. The van der Waals surface area contributed by atoms with E-state index >= 15 is 0 Å². The number of carbonyl (C=O) groups is 1. The summed E-state index contributed by atoms with van der Waals surface area (Å²) in [5.41, 5.74) is 0.722. The Kier molecular flexibility index (Phi) is 4.84. The van der Waals surface area contributed by atoms with E-state index in [1.54, 1.807) is 24.3 Å². The number of aliphatic hydroxyl groups excluding tert-OH is 1. The molecular formula is C15H15FN2O3. The molecule has 1 aromatic heterocycles. The average molecular weight is 290 g/mol. The van der Waals surface area contributed by atoms with Crippen LogP contribution in [0.5, 0.6) is 5.75 Å². The van der Waals surface area contributed by atoms with Crippen molar-refractivity contribution in [3.05, 3.63) is 59.7 Å². The number of hydrogen-bond donors (Lipinski definition) is 2. The van der Waals surface area contributed by atoms with Crippen LogP contribution in [-0.2, 0) is 0 Å². The third kappa shape index (κ3) is 4.00. The van der Waals surface area contributed by atoms with Gasteiger partial charge in [0.1, 0.15) is 11.6 Å². The molecule has 21 heavy (non-hydrogen) atoms. The van der Waals surface area contributed by atoms with Crippen LogP contribution in [0.3, 0.4) is 0 Å². The molecule has 1 heterocycles. The maximum Gasteiger partial charge on any atom is 0.253 e. The Labute approximate surface area is 121 Å². The lowest BCUT2D eigenvalue weighted by Gasteiger charge is -2.13. The standard InChI is InChI=1S/C15H15FN2O3/c1-21-13-4-2-3-10(6-13)14(19)9-18-15(20)11-5-12(16)8-17-7-11/h2-8,14,19H,9H2,1H3,(H,18,20). The topological polar surface area (TPSA) is 71.5 Å². The second kappa shape index (κ2) is 6.81. The minimum Gasteiger partial charge on any atom is -0.497 e. The summed E-state index contributed by atoms with van der Waals surface area (Å²) in [5, 5.41) is 12.6. The molecule has 0 radical (unpaired) electrons. The van der Waals surface area contributed by atoms with Gasteiger partial charge in [0.2, 0.25) is 0 Å². The third-order valence-electron chi connectivity index (χ3n) is 2.90. The molecule has 0 aliphatic heterocycles. The first-order valence-electron chi connectivity index (χ1n) is 6.31. The lowest BCUT2D eigenvalue weighted by atomic mass is 10.1. The van der Waals surface area contributed by atoms with Crippen LogP contribution in [0.25, 0.3) is 0 Å². The van der Waals surface area contributed by atoms with Crippen LogP contribution in [0.4, 0.5) is 4.39 Å². The molecule has 0 saturated carbocycles. The van der Waals surface area contributed by atoms with Gasteiger partial charge in [0.05, 0.1) is 25.0 Å². The van der Waals surface area contributed by atoms with E-state index < -0.39 is 17.8 Å². The van der Waals surface area contributed by atoms with Gasteiger partial charge in [-0.3, -0.25) is 9.78 Å². The predicted molar refractivity (Wildman–Crippen MR) is 74.5 cm³/mol. The summed E-state index contributed by atoms with van der Waals surface area (Å²) < 4.78 is 18.0. The number of pyridine rings is 1. The zero-order valence-corrected chi connectivity index (χ0v) is 11.4. The summed E-state index contributed by atoms with van der Waals surface area (Å²) in [6, 6.07) is 7.99. The molecule has 6 heteroatoms. The Morgan fingerprint density at radius 3 is 2.95 bits per heavy atom. The number of rotatable bonds is 5. The number of nitrogens with zero attached hydrogens (tertiary/aromatic N) is 1. The maximum atomic E-state index is 13.0. The normalized spacial score (nSPS) is 11.8. The van der Waals surface area contributed by atoms with Crippen LogP contribution >= 0.6 is 0 Å². The van der Waals surface area contributed by atoms with Gasteiger partial charge in [0.15, 0.2) is 0 Å². The van der Waals surface area contributed by atoms with Crippen molar-refractivity contribution >= 4 is 5.91 Å². The fourth-order valence-electron chi connectivity index (χ4n) is 1.79. The predicted octanol–water partition coefficient (Wildman–Crippen LogP) is 1.69. The van der Waals surface area contributed by atoms with E-state index in [1.807, 2.05) is 0 Å². The molecule has 0 aliphatic rings. The number of ether oxygens (including phenoxy) is 1. The summed E-state index contributed by atoms with van der Waals surface area (Å²) >= 11 is 0. The zero-order valence-electron chi connectivity index (χ0n) is 11.4. The highest BCUT2D eigenvalue weighted by Gasteiger charge is 2.12. The van der Waals surface area contributed by atoms with Gasteiger partial charge in [0, 0.05) is 12.7 Å². The van der Waals surface area contributed by atoms with Crippen molar-refractivity contribution in [3.63, 3.8) is 0 Å². The molecular weight excluding hydrogens is 275 g/mol. The quantitative estimate of drug-likeness (QED) is 0.879. The van der Waals surface area contributed by atoms with Crippen molar-refractivity contribution in [2.24, 2.45) is 0 Å². The first kappa shape index (κ1) is 14.9. The number of hydrogen-bond acceptors (Lipinski definition) is 4. The highest BCUT2D eigenvalue weighted by molar-refractivity contribution is 5.93. The lowest BCUT2D eigenvalue weighted by Crippen LogP contribution is -2.28. The van der Waals surface area contributed by atoms with E-state index in [2.05, 4.69) is 10.3 Å². The molecule has 110 valence electrons. The van der Waals surface area contributed by atoms with Crippen LogP contribution in [-0.4, -0.2) is 29.7 Å². The molecule has 0 saturated heterocycles. The van der Waals surface area contributed by atoms with Gasteiger partial charge < -0.3 is 15.2 Å². The first-order chi connectivity index (χ1) is 10.1. The Morgan fingerprint density at radius 2 is 2.24 bits per heavy atom. The van der Waals surface area contributed by atoms with Crippen LogP contribution in [0.15, 0.2) is 42.7 Å².